The Labute approximate surface area is 210 Å². The van der Waals surface area contributed by atoms with Gasteiger partial charge in [-0.25, -0.2) is 13.8 Å². The fourth-order valence-electron chi connectivity index (χ4n) is 3.84. The maximum Gasteiger partial charge on any atom is 1.00 e. The summed E-state index contributed by atoms with van der Waals surface area (Å²) >= 11 is 0. The van der Waals surface area contributed by atoms with E-state index in [9.17, 15) is 13.6 Å². The lowest BCUT2D eigenvalue weighted by atomic mass is 10.1. The van der Waals surface area contributed by atoms with Gasteiger partial charge in [0.1, 0.15) is 11.6 Å². The number of hydrogen-bond acceptors (Lipinski definition) is 4. The smallest absolute Gasteiger partial charge is 1.00 e. The summed E-state index contributed by atoms with van der Waals surface area (Å²) in [7, 11) is 0. The molecule has 0 fully saturated rings. The molecule has 35 heavy (non-hydrogen) atoms. The molecule has 4 aromatic rings. The molecular formula is C26H28ClF2N5O. The molecule has 1 heterocycles. The van der Waals surface area contributed by atoms with E-state index in [0.717, 1.165) is 28.6 Å². The lowest BCUT2D eigenvalue weighted by Crippen LogP contribution is -3.00. The van der Waals surface area contributed by atoms with Gasteiger partial charge in [0, 0.05) is 19.1 Å². The van der Waals surface area contributed by atoms with Crippen LogP contribution in [0.2, 0.25) is 0 Å². The van der Waals surface area contributed by atoms with Gasteiger partial charge in [-0.3, -0.25) is 4.79 Å². The molecule has 0 saturated carbocycles. The van der Waals surface area contributed by atoms with Gasteiger partial charge in [0.2, 0.25) is 0 Å². The van der Waals surface area contributed by atoms with E-state index < -0.39 is 0 Å². The molecule has 0 spiro atoms. The largest absolute Gasteiger partial charge is 1.00 e. The number of carbonyl (C=O) groups excluding carboxylic acids is 1. The second kappa shape index (κ2) is 11.9. The van der Waals surface area contributed by atoms with E-state index in [1.54, 1.807) is 28.8 Å². The summed E-state index contributed by atoms with van der Waals surface area (Å²) in [5.41, 5.74) is 15.5. The quantitative estimate of drug-likeness (QED) is 0.319. The Hall–Kier alpha value is -3.33. The first kappa shape index (κ1) is 26.3. The van der Waals surface area contributed by atoms with Crippen LogP contribution in [0.25, 0.3) is 22.2 Å². The number of imidazole rings is 1. The highest BCUT2D eigenvalue weighted by atomic mass is 35.5. The van der Waals surface area contributed by atoms with Crippen LogP contribution in [0.3, 0.4) is 0 Å². The molecule has 184 valence electrons. The number of halogens is 3. The fourth-order valence-corrected chi connectivity index (χ4v) is 3.84. The lowest BCUT2D eigenvalue weighted by Gasteiger charge is -2.13. The van der Waals surface area contributed by atoms with Crippen LogP contribution >= 0.6 is 0 Å². The van der Waals surface area contributed by atoms with Crippen molar-refractivity contribution < 1.29 is 27.4 Å². The minimum Gasteiger partial charge on any atom is -1.00 e. The molecule has 0 aliphatic carbocycles. The van der Waals surface area contributed by atoms with Crippen molar-refractivity contribution in [3.8, 4) is 11.1 Å². The Balaban J connectivity index is 0.00000228. The Kier molecular flexibility index (Phi) is 8.92. The molecule has 6 nitrogen and oxygen atoms in total. The zero-order chi connectivity index (χ0) is 24.1. The van der Waals surface area contributed by atoms with Crippen molar-refractivity contribution in [1.29, 1.82) is 0 Å². The van der Waals surface area contributed by atoms with Gasteiger partial charge < -0.3 is 33.8 Å². The summed E-state index contributed by atoms with van der Waals surface area (Å²) in [6.07, 6.45) is 1.50. The van der Waals surface area contributed by atoms with Crippen LogP contribution in [0.15, 0.2) is 66.7 Å². The third-order valence-corrected chi connectivity index (χ3v) is 5.69. The van der Waals surface area contributed by atoms with Crippen LogP contribution in [-0.4, -0.2) is 34.6 Å². The summed E-state index contributed by atoms with van der Waals surface area (Å²) in [4.78, 5) is 17.7. The third kappa shape index (κ3) is 6.42. The molecule has 0 radical (unpaired) electrons. The number of carbonyl (C=O) groups is 1. The Bertz CT molecular complexity index is 1280. The number of nitrogens with one attached hydrogen (secondary N) is 1. The van der Waals surface area contributed by atoms with Crippen molar-refractivity contribution in [3.63, 3.8) is 0 Å². The Morgan fingerprint density at radius 3 is 2.29 bits per heavy atom. The van der Waals surface area contributed by atoms with E-state index in [2.05, 4.69) is 10.3 Å². The lowest BCUT2D eigenvalue weighted by molar-refractivity contribution is -0.0000164. The maximum absolute atomic E-state index is 13.4. The number of rotatable bonds is 9. The van der Waals surface area contributed by atoms with Gasteiger partial charge in [-0.15, -0.1) is 0 Å². The van der Waals surface area contributed by atoms with E-state index in [1.807, 2.05) is 18.2 Å². The molecule has 4 rings (SSSR count). The normalized spacial score (nSPS) is 11.8. The van der Waals surface area contributed by atoms with Crippen LogP contribution in [0.4, 0.5) is 8.78 Å². The fraction of sp³-hybridized carbons (Fsp3) is 0.231. The van der Waals surface area contributed by atoms with Gasteiger partial charge in [-0.2, -0.15) is 0 Å². The molecule has 0 aliphatic heterocycles. The van der Waals surface area contributed by atoms with Crippen molar-refractivity contribution in [1.82, 2.24) is 14.9 Å². The van der Waals surface area contributed by atoms with Gasteiger partial charge in [0.05, 0.1) is 11.0 Å². The topological polar surface area (TPSA) is 99.0 Å². The van der Waals surface area contributed by atoms with Gasteiger partial charge in [0.15, 0.2) is 5.82 Å². The molecule has 1 amide bonds. The van der Waals surface area contributed by atoms with Crippen molar-refractivity contribution in [2.75, 3.05) is 13.1 Å². The molecular weight excluding hydrogens is 472 g/mol. The molecule has 5 N–H and O–H groups in total. The monoisotopic (exact) mass is 499 g/mol. The summed E-state index contributed by atoms with van der Waals surface area (Å²) in [5, 5.41) is 2.87. The number of hydrogen-bond donors (Lipinski definition) is 3. The minimum atomic E-state index is -0.343. The SMILES string of the molecule is NCCC[C@H](N)CNC(=O)c1nc2cc(-c3ccc(F)cc3)ccc2n1Cc1ccc(F)cc1.[Cl-].[H+]. The van der Waals surface area contributed by atoms with E-state index in [4.69, 9.17) is 11.5 Å². The van der Waals surface area contributed by atoms with E-state index in [0.29, 0.717) is 31.6 Å². The molecule has 0 unspecified atom stereocenters. The van der Waals surface area contributed by atoms with Crippen molar-refractivity contribution in [2.45, 2.75) is 25.4 Å². The number of fused-ring (bicyclic) bond motifs is 1. The summed E-state index contributed by atoms with van der Waals surface area (Å²) in [6, 6.07) is 17.8. The average Bonchev–Trinajstić information content (AvgIpc) is 3.20. The molecule has 1 atom stereocenters. The predicted octanol–water partition coefficient (Wildman–Crippen LogP) is 0.942. The van der Waals surface area contributed by atoms with Crippen LogP contribution < -0.4 is 29.2 Å². The summed E-state index contributed by atoms with van der Waals surface area (Å²) < 4.78 is 28.5. The third-order valence-electron chi connectivity index (χ3n) is 5.69. The number of benzene rings is 3. The zero-order valence-corrected chi connectivity index (χ0v) is 19.8. The second-order valence-corrected chi connectivity index (χ2v) is 8.26. The predicted molar refractivity (Wildman–Crippen MR) is 130 cm³/mol. The first-order chi connectivity index (χ1) is 16.4. The summed E-state index contributed by atoms with van der Waals surface area (Å²) in [6.45, 7) is 1.19. The molecule has 0 saturated heterocycles. The first-order valence-corrected chi connectivity index (χ1v) is 11.2. The van der Waals surface area contributed by atoms with Crippen molar-refractivity contribution in [3.05, 3.63) is 89.8 Å². The second-order valence-electron chi connectivity index (χ2n) is 8.26. The number of aromatic nitrogens is 2. The summed E-state index contributed by atoms with van der Waals surface area (Å²) in [5.74, 6) is -0.740. The maximum atomic E-state index is 13.4. The number of amides is 1. The van der Waals surface area contributed by atoms with Crippen molar-refractivity contribution >= 4 is 16.9 Å². The highest BCUT2D eigenvalue weighted by Gasteiger charge is 2.19. The van der Waals surface area contributed by atoms with Crippen molar-refractivity contribution in [2.24, 2.45) is 11.5 Å². The van der Waals surface area contributed by atoms with E-state index in [-0.39, 0.29) is 43.2 Å². The highest BCUT2D eigenvalue weighted by molar-refractivity contribution is 5.95. The minimum absolute atomic E-state index is 0. The number of nitrogens with two attached hydrogens (primary N) is 2. The first-order valence-electron chi connectivity index (χ1n) is 11.2. The molecule has 0 aliphatic rings. The molecule has 9 heteroatoms. The van der Waals surface area contributed by atoms with Crippen LogP contribution in [-0.2, 0) is 6.54 Å². The average molecular weight is 500 g/mol. The van der Waals surface area contributed by atoms with Gasteiger partial charge >= 0.3 is 1.43 Å². The van der Waals surface area contributed by atoms with Crippen LogP contribution in [0.1, 0.15) is 30.5 Å². The van der Waals surface area contributed by atoms with Gasteiger partial charge in [0.25, 0.3) is 5.91 Å². The number of nitrogens with zero attached hydrogens (tertiary/aromatic N) is 2. The highest BCUT2D eigenvalue weighted by Crippen LogP contribution is 2.26. The molecule has 0 bridgehead atoms. The van der Waals surface area contributed by atoms with Gasteiger partial charge in [-0.1, -0.05) is 30.3 Å². The zero-order valence-electron chi connectivity index (χ0n) is 20.1. The standard InChI is InChI=1S/C26H27F2N5O.ClH/c27-20-8-3-17(4-9-20)16-33-24-12-7-19(18-5-10-21(28)11-6-18)14-23(24)32-25(33)26(34)31-15-22(30)2-1-13-29;/h3-12,14,22H,1-2,13,15-16,29-30H2,(H,31,34);1H/t22-;/m0./s1. The van der Waals surface area contributed by atoms with Crippen LogP contribution in [0, 0.1) is 11.6 Å². The molecule has 1 aromatic heterocycles. The van der Waals surface area contributed by atoms with Gasteiger partial charge in [-0.05, 0) is 72.5 Å². The molecule has 3 aromatic carbocycles. The van der Waals surface area contributed by atoms with Crippen LogP contribution in [0.5, 0.6) is 0 Å². The van der Waals surface area contributed by atoms with E-state index in [1.165, 1.54) is 24.3 Å². The Morgan fingerprint density at radius 1 is 1.00 bits per heavy atom. The Morgan fingerprint density at radius 2 is 1.63 bits per heavy atom. The van der Waals surface area contributed by atoms with E-state index >= 15 is 0 Å².